The highest BCUT2D eigenvalue weighted by Crippen LogP contribution is 2.33. The number of amides is 1. The summed E-state index contributed by atoms with van der Waals surface area (Å²) < 4.78 is 11.4. The molecule has 0 aliphatic carbocycles. The number of hydrogen-bond donors (Lipinski definition) is 2. The molecule has 0 saturated heterocycles. The summed E-state index contributed by atoms with van der Waals surface area (Å²) in [4.78, 5) is 12.0. The maximum absolute atomic E-state index is 12.0. The van der Waals surface area contributed by atoms with Crippen LogP contribution in [0.3, 0.4) is 0 Å². The number of hydrogen-bond acceptors (Lipinski definition) is 4. The minimum absolute atomic E-state index is 0. The van der Waals surface area contributed by atoms with Gasteiger partial charge in [-0.05, 0) is 39.1 Å². The molecular weight excluding hydrogens is 280 g/mol. The van der Waals surface area contributed by atoms with Crippen LogP contribution in [0.4, 0.5) is 0 Å². The van der Waals surface area contributed by atoms with Gasteiger partial charge < -0.3 is 20.1 Å². The molecule has 1 aliphatic rings. The molecular formula is C14H21ClN2O3. The van der Waals surface area contributed by atoms with Crippen molar-refractivity contribution in [2.45, 2.75) is 25.6 Å². The van der Waals surface area contributed by atoms with E-state index in [1.54, 1.807) is 0 Å². The fourth-order valence-corrected chi connectivity index (χ4v) is 1.98. The molecule has 1 aliphatic heterocycles. The maximum atomic E-state index is 12.0. The van der Waals surface area contributed by atoms with E-state index in [1.807, 2.05) is 38.2 Å². The number of nitrogens with one attached hydrogen (secondary N) is 2. The topological polar surface area (TPSA) is 59.6 Å². The smallest absolute Gasteiger partial charge is 0.265 e. The third kappa shape index (κ3) is 4.02. The van der Waals surface area contributed by atoms with Crippen molar-refractivity contribution in [2.24, 2.45) is 0 Å². The molecule has 1 amide bonds. The fraction of sp³-hybridized carbons (Fsp3) is 0.500. The van der Waals surface area contributed by atoms with Gasteiger partial charge in [-0.2, -0.15) is 0 Å². The van der Waals surface area contributed by atoms with E-state index in [4.69, 9.17) is 9.47 Å². The van der Waals surface area contributed by atoms with Crippen molar-refractivity contribution in [3.63, 3.8) is 0 Å². The predicted molar refractivity (Wildman–Crippen MR) is 79.7 cm³/mol. The van der Waals surface area contributed by atoms with Crippen molar-refractivity contribution < 1.29 is 14.3 Å². The van der Waals surface area contributed by atoms with Gasteiger partial charge in [0.05, 0.1) is 0 Å². The van der Waals surface area contributed by atoms with Crippen molar-refractivity contribution in [2.75, 3.05) is 20.1 Å². The van der Waals surface area contributed by atoms with E-state index in [9.17, 15) is 4.79 Å². The molecule has 0 radical (unpaired) electrons. The number of ether oxygens (including phenoxy) is 2. The van der Waals surface area contributed by atoms with Gasteiger partial charge >= 0.3 is 0 Å². The van der Waals surface area contributed by atoms with Gasteiger partial charge in [-0.1, -0.05) is 12.1 Å². The number of carbonyl (C=O) groups excluding carboxylic acids is 1. The zero-order chi connectivity index (χ0) is 13.7. The summed E-state index contributed by atoms with van der Waals surface area (Å²) in [5.41, 5.74) is 0. The summed E-state index contributed by atoms with van der Waals surface area (Å²) in [7, 11) is 1.89. The van der Waals surface area contributed by atoms with E-state index in [0.29, 0.717) is 18.0 Å². The van der Waals surface area contributed by atoms with Gasteiger partial charge in [-0.15, -0.1) is 12.4 Å². The van der Waals surface area contributed by atoms with Crippen molar-refractivity contribution >= 4 is 18.3 Å². The maximum Gasteiger partial charge on any atom is 0.265 e. The molecule has 0 bridgehead atoms. The number of rotatable bonds is 5. The Hall–Kier alpha value is -1.46. The standard InChI is InChI=1S/C14H20N2O3.ClH/c1-10-13(14(17)16-9-5-8-15-2)19-12-7-4-3-6-11(12)18-10;/h3-4,6-7,10,13,15H,5,8-9H2,1-2H3,(H,16,17);1H. The first-order chi connectivity index (χ1) is 9.22. The van der Waals surface area contributed by atoms with E-state index in [0.717, 1.165) is 13.0 Å². The SMILES string of the molecule is CNCCCNC(=O)C1Oc2ccccc2OC1C.Cl. The Balaban J connectivity index is 0.00000200. The molecule has 2 unspecified atom stereocenters. The molecule has 2 rings (SSSR count). The van der Waals surface area contributed by atoms with Crippen LogP contribution >= 0.6 is 12.4 Å². The first kappa shape index (κ1) is 16.6. The van der Waals surface area contributed by atoms with Crippen LogP contribution in [0.15, 0.2) is 24.3 Å². The molecule has 0 spiro atoms. The van der Waals surface area contributed by atoms with E-state index in [-0.39, 0.29) is 24.4 Å². The minimum Gasteiger partial charge on any atom is -0.482 e. The van der Waals surface area contributed by atoms with Gasteiger partial charge in [-0.3, -0.25) is 4.79 Å². The molecule has 5 nitrogen and oxygen atoms in total. The number of fused-ring (bicyclic) bond motifs is 1. The van der Waals surface area contributed by atoms with Crippen LogP contribution in [-0.4, -0.2) is 38.3 Å². The zero-order valence-electron chi connectivity index (χ0n) is 11.7. The molecule has 0 aromatic heterocycles. The molecule has 6 heteroatoms. The third-order valence-electron chi connectivity index (χ3n) is 3.00. The summed E-state index contributed by atoms with van der Waals surface area (Å²) in [5, 5.41) is 5.90. The Morgan fingerprint density at radius 2 is 1.85 bits per heavy atom. The van der Waals surface area contributed by atoms with Gasteiger partial charge in [0.2, 0.25) is 6.10 Å². The van der Waals surface area contributed by atoms with Crippen molar-refractivity contribution in [3.05, 3.63) is 24.3 Å². The zero-order valence-corrected chi connectivity index (χ0v) is 12.5. The fourth-order valence-electron chi connectivity index (χ4n) is 1.98. The van der Waals surface area contributed by atoms with E-state index >= 15 is 0 Å². The van der Waals surface area contributed by atoms with Crippen LogP contribution in [0.25, 0.3) is 0 Å². The van der Waals surface area contributed by atoms with Crippen LogP contribution in [0.1, 0.15) is 13.3 Å². The molecule has 112 valence electrons. The number of benzene rings is 1. The molecule has 20 heavy (non-hydrogen) atoms. The van der Waals surface area contributed by atoms with Gasteiger partial charge in [0.15, 0.2) is 11.5 Å². The average Bonchev–Trinajstić information content (AvgIpc) is 2.42. The second-order valence-electron chi connectivity index (χ2n) is 4.56. The Kier molecular flexibility index (Phi) is 6.61. The summed E-state index contributed by atoms with van der Waals surface area (Å²) in [6, 6.07) is 7.39. The van der Waals surface area contributed by atoms with E-state index in [1.165, 1.54) is 0 Å². The number of carbonyl (C=O) groups is 1. The molecule has 0 fully saturated rings. The lowest BCUT2D eigenvalue weighted by molar-refractivity contribution is -0.133. The van der Waals surface area contributed by atoms with Crippen LogP contribution in [0.2, 0.25) is 0 Å². The van der Waals surface area contributed by atoms with Gasteiger partial charge in [0.1, 0.15) is 6.10 Å². The third-order valence-corrected chi connectivity index (χ3v) is 3.00. The second-order valence-corrected chi connectivity index (χ2v) is 4.56. The Bertz CT molecular complexity index is 442. The first-order valence-electron chi connectivity index (χ1n) is 6.57. The highest BCUT2D eigenvalue weighted by Gasteiger charge is 2.33. The molecule has 1 aromatic carbocycles. The highest BCUT2D eigenvalue weighted by molar-refractivity contribution is 5.85. The van der Waals surface area contributed by atoms with Crippen molar-refractivity contribution in [3.8, 4) is 11.5 Å². The number of halogens is 1. The van der Waals surface area contributed by atoms with Gasteiger partial charge in [0.25, 0.3) is 5.91 Å². The molecule has 0 saturated carbocycles. The van der Waals surface area contributed by atoms with Gasteiger partial charge in [-0.25, -0.2) is 0 Å². The summed E-state index contributed by atoms with van der Waals surface area (Å²) in [6.07, 6.45) is 0.00419. The summed E-state index contributed by atoms with van der Waals surface area (Å²) in [6.45, 7) is 3.35. The second kappa shape index (κ2) is 7.97. The van der Waals surface area contributed by atoms with E-state index < -0.39 is 6.10 Å². The minimum atomic E-state index is -0.593. The Labute approximate surface area is 125 Å². The van der Waals surface area contributed by atoms with Crippen LogP contribution in [0, 0.1) is 0 Å². The quantitative estimate of drug-likeness (QED) is 0.806. The molecule has 2 atom stereocenters. The van der Waals surface area contributed by atoms with Gasteiger partial charge in [0, 0.05) is 6.54 Å². The molecule has 2 N–H and O–H groups in total. The first-order valence-corrected chi connectivity index (χ1v) is 6.57. The Morgan fingerprint density at radius 1 is 1.20 bits per heavy atom. The highest BCUT2D eigenvalue weighted by atomic mass is 35.5. The normalized spacial score (nSPS) is 19.9. The van der Waals surface area contributed by atoms with Crippen LogP contribution in [-0.2, 0) is 4.79 Å². The summed E-state index contributed by atoms with van der Waals surface area (Å²) >= 11 is 0. The lowest BCUT2D eigenvalue weighted by Gasteiger charge is -2.31. The largest absolute Gasteiger partial charge is 0.482 e. The molecule has 1 aromatic rings. The van der Waals surface area contributed by atoms with Crippen molar-refractivity contribution in [1.29, 1.82) is 0 Å². The predicted octanol–water partition coefficient (Wildman–Crippen LogP) is 1.36. The van der Waals surface area contributed by atoms with Crippen LogP contribution < -0.4 is 20.1 Å². The molecule has 1 heterocycles. The summed E-state index contributed by atoms with van der Waals surface area (Å²) in [5.74, 6) is 1.18. The van der Waals surface area contributed by atoms with E-state index in [2.05, 4.69) is 10.6 Å². The lowest BCUT2D eigenvalue weighted by atomic mass is 10.1. The Morgan fingerprint density at radius 3 is 2.50 bits per heavy atom. The lowest BCUT2D eigenvalue weighted by Crippen LogP contribution is -2.49. The average molecular weight is 301 g/mol. The monoisotopic (exact) mass is 300 g/mol. The van der Waals surface area contributed by atoms with Crippen LogP contribution in [0.5, 0.6) is 11.5 Å². The van der Waals surface area contributed by atoms with Crippen molar-refractivity contribution in [1.82, 2.24) is 10.6 Å². The number of para-hydroxylation sites is 2.